The van der Waals surface area contributed by atoms with Crippen LogP contribution in [0.3, 0.4) is 0 Å². The number of nitrogens with one attached hydrogen (secondary N) is 1. The van der Waals surface area contributed by atoms with Crippen molar-refractivity contribution in [2.75, 3.05) is 11.0 Å². The fourth-order valence-corrected chi connectivity index (χ4v) is 2.11. The summed E-state index contributed by atoms with van der Waals surface area (Å²) in [7, 11) is -3.32. The van der Waals surface area contributed by atoms with Gasteiger partial charge in [0.15, 0.2) is 0 Å². The first-order valence-electron chi connectivity index (χ1n) is 5.79. The molecule has 0 unspecified atom stereocenters. The van der Waals surface area contributed by atoms with Crippen molar-refractivity contribution < 1.29 is 17.9 Å². The Bertz CT molecular complexity index is 694. The van der Waals surface area contributed by atoms with E-state index >= 15 is 0 Å². The largest absolute Gasteiger partial charge is 0.423 e. The van der Waals surface area contributed by atoms with Crippen LogP contribution in [0.15, 0.2) is 54.6 Å². The highest BCUT2D eigenvalue weighted by Crippen LogP contribution is 2.14. The summed E-state index contributed by atoms with van der Waals surface area (Å²) in [6.45, 7) is 0. The van der Waals surface area contributed by atoms with Gasteiger partial charge in [0.25, 0.3) is 0 Å². The Morgan fingerprint density at radius 1 is 1.00 bits per heavy atom. The molecule has 0 atom stereocenters. The Labute approximate surface area is 117 Å². The van der Waals surface area contributed by atoms with Crippen LogP contribution in [0.2, 0.25) is 0 Å². The van der Waals surface area contributed by atoms with E-state index in [2.05, 4.69) is 4.72 Å². The van der Waals surface area contributed by atoms with Crippen molar-refractivity contribution in [2.24, 2.45) is 0 Å². The van der Waals surface area contributed by atoms with Crippen LogP contribution in [0.1, 0.15) is 10.4 Å². The van der Waals surface area contributed by atoms with Crippen LogP contribution in [0, 0.1) is 0 Å². The smallest absolute Gasteiger partial charge is 0.343 e. The number of carbonyl (C=O) groups excluding carboxylic acids is 1. The van der Waals surface area contributed by atoms with Crippen LogP contribution >= 0.6 is 0 Å². The Balaban J connectivity index is 2.08. The maximum Gasteiger partial charge on any atom is 0.343 e. The first kappa shape index (κ1) is 14.1. The van der Waals surface area contributed by atoms with E-state index in [1.807, 2.05) is 6.07 Å². The monoisotopic (exact) mass is 291 g/mol. The van der Waals surface area contributed by atoms with Crippen molar-refractivity contribution in [1.29, 1.82) is 0 Å². The zero-order valence-electron chi connectivity index (χ0n) is 10.7. The zero-order valence-corrected chi connectivity index (χ0v) is 11.6. The summed E-state index contributed by atoms with van der Waals surface area (Å²) < 4.78 is 29.6. The average molecular weight is 291 g/mol. The number of esters is 1. The molecule has 2 rings (SSSR count). The van der Waals surface area contributed by atoms with Gasteiger partial charge in [0.1, 0.15) is 5.75 Å². The maximum atomic E-state index is 11.8. The van der Waals surface area contributed by atoms with Crippen LogP contribution in [-0.4, -0.2) is 20.6 Å². The Morgan fingerprint density at radius 3 is 2.15 bits per heavy atom. The van der Waals surface area contributed by atoms with Crippen molar-refractivity contribution in [3.8, 4) is 5.75 Å². The van der Waals surface area contributed by atoms with Gasteiger partial charge in [0.2, 0.25) is 10.0 Å². The molecule has 2 aromatic carbocycles. The molecule has 0 aliphatic heterocycles. The standard InChI is InChI=1S/C14H13NO4S/c1-20(17,18)15-12-9-7-11(8-10-12)14(16)19-13-5-3-2-4-6-13/h2-10,15H,1H3. The van der Waals surface area contributed by atoms with E-state index in [1.54, 1.807) is 24.3 Å². The second kappa shape index (κ2) is 5.75. The summed E-state index contributed by atoms with van der Waals surface area (Å²) in [6.07, 6.45) is 1.06. The average Bonchev–Trinajstić information content (AvgIpc) is 2.39. The van der Waals surface area contributed by atoms with Gasteiger partial charge >= 0.3 is 5.97 Å². The van der Waals surface area contributed by atoms with Crippen molar-refractivity contribution in [3.63, 3.8) is 0 Å². The van der Waals surface area contributed by atoms with Gasteiger partial charge in [0, 0.05) is 5.69 Å². The molecule has 0 aliphatic rings. The molecule has 104 valence electrons. The van der Waals surface area contributed by atoms with Gasteiger partial charge in [-0.1, -0.05) is 18.2 Å². The highest BCUT2D eigenvalue weighted by atomic mass is 32.2. The van der Waals surface area contributed by atoms with E-state index in [0.29, 0.717) is 17.0 Å². The molecule has 1 N–H and O–H groups in total. The minimum Gasteiger partial charge on any atom is -0.423 e. The molecule has 0 spiro atoms. The van der Waals surface area contributed by atoms with Gasteiger partial charge in [-0.2, -0.15) is 0 Å². The molecule has 20 heavy (non-hydrogen) atoms. The van der Waals surface area contributed by atoms with Crippen LogP contribution in [0.4, 0.5) is 5.69 Å². The number of carbonyl (C=O) groups is 1. The minimum atomic E-state index is -3.32. The summed E-state index contributed by atoms with van der Waals surface area (Å²) in [6, 6.07) is 14.7. The number of anilines is 1. The molecule has 5 nitrogen and oxygen atoms in total. The molecule has 0 saturated heterocycles. The number of ether oxygens (including phenoxy) is 1. The lowest BCUT2D eigenvalue weighted by Crippen LogP contribution is -2.11. The molecule has 0 saturated carbocycles. The number of rotatable bonds is 4. The molecular formula is C14H13NO4S. The highest BCUT2D eigenvalue weighted by molar-refractivity contribution is 7.92. The van der Waals surface area contributed by atoms with Crippen molar-refractivity contribution in [1.82, 2.24) is 0 Å². The third kappa shape index (κ3) is 4.10. The first-order chi connectivity index (χ1) is 9.44. The summed E-state index contributed by atoms with van der Waals surface area (Å²) in [5.74, 6) is -0.0436. The molecule has 0 amide bonds. The first-order valence-corrected chi connectivity index (χ1v) is 7.68. The van der Waals surface area contributed by atoms with E-state index < -0.39 is 16.0 Å². The Morgan fingerprint density at radius 2 is 1.60 bits per heavy atom. The molecule has 0 radical (unpaired) electrons. The second-order valence-corrected chi connectivity index (χ2v) is 5.90. The van der Waals surface area contributed by atoms with E-state index in [1.165, 1.54) is 24.3 Å². The van der Waals surface area contributed by atoms with Crippen molar-refractivity contribution in [3.05, 3.63) is 60.2 Å². The number of hydrogen-bond acceptors (Lipinski definition) is 4. The number of sulfonamides is 1. The predicted molar refractivity (Wildman–Crippen MR) is 76.3 cm³/mol. The summed E-state index contributed by atoms with van der Waals surface area (Å²) in [5.41, 5.74) is 0.733. The third-order valence-electron chi connectivity index (χ3n) is 2.38. The van der Waals surface area contributed by atoms with Crippen LogP contribution in [-0.2, 0) is 10.0 Å². The van der Waals surface area contributed by atoms with Crippen LogP contribution < -0.4 is 9.46 Å². The maximum absolute atomic E-state index is 11.8. The molecule has 0 aromatic heterocycles. The number of benzene rings is 2. The fraction of sp³-hybridized carbons (Fsp3) is 0.0714. The number of para-hydroxylation sites is 1. The van der Waals surface area contributed by atoms with Gasteiger partial charge in [-0.15, -0.1) is 0 Å². The lowest BCUT2D eigenvalue weighted by atomic mass is 10.2. The van der Waals surface area contributed by atoms with E-state index in [0.717, 1.165) is 6.26 Å². The summed E-state index contributed by atoms with van der Waals surface area (Å²) >= 11 is 0. The Kier molecular flexibility index (Phi) is 4.05. The fourth-order valence-electron chi connectivity index (χ4n) is 1.54. The van der Waals surface area contributed by atoms with Gasteiger partial charge in [-0.3, -0.25) is 4.72 Å². The topological polar surface area (TPSA) is 72.5 Å². The van der Waals surface area contributed by atoms with E-state index in [-0.39, 0.29) is 0 Å². The molecular weight excluding hydrogens is 278 g/mol. The lowest BCUT2D eigenvalue weighted by Gasteiger charge is -2.06. The molecule has 0 heterocycles. The third-order valence-corrected chi connectivity index (χ3v) is 2.98. The van der Waals surface area contributed by atoms with Crippen LogP contribution in [0.5, 0.6) is 5.75 Å². The normalized spacial score (nSPS) is 10.8. The molecule has 0 aliphatic carbocycles. The molecule has 6 heteroatoms. The summed E-state index contributed by atoms with van der Waals surface area (Å²) in [4.78, 5) is 11.8. The number of hydrogen-bond donors (Lipinski definition) is 1. The van der Waals surface area contributed by atoms with Gasteiger partial charge in [0.05, 0.1) is 11.8 Å². The lowest BCUT2D eigenvalue weighted by molar-refractivity contribution is 0.0735. The Hall–Kier alpha value is -2.34. The highest BCUT2D eigenvalue weighted by Gasteiger charge is 2.09. The van der Waals surface area contributed by atoms with E-state index in [9.17, 15) is 13.2 Å². The van der Waals surface area contributed by atoms with E-state index in [4.69, 9.17) is 4.74 Å². The van der Waals surface area contributed by atoms with Crippen LogP contribution in [0.25, 0.3) is 0 Å². The van der Waals surface area contributed by atoms with Crippen molar-refractivity contribution >= 4 is 21.7 Å². The molecule has 0 fully saturated rings. The van der Waals surface area contributed by atoms with Gasteiger partial charge in [-0.05, 0) is 36.4 Å². The summed E-state index contributed by atoms with van der Waals surface area (Å²) in [5, 5.41) is 0. The van der Waals surface area contributed by atoms with Gasteiger partial charge < -0.3 is 4.74 Å². The second-order valence-electron chi connectivity index (χ2n) is 4.15. The van der Waals surface area contributed by atoms with Gasteiger partial charge in [-0.25, -0.2) is 13.2 Å². The zero-order chi connectivity index (χ0) is 14.6. The predicted octanol–water partition coefficient (Wildman–Crippen LogP) is 2.28. The quantitative estimate of drug-likeness (QED) is 0.693. The minimum absolute atomic E-state index is 0.341. The molecule has 0 bridgehead atoms. The van der Waals surface area contributed by atoms with Crippen molar-refractivity contribution in [2.45, 2.75) is 0 Å². The molecule has 2 aromatic rings. The SMILES string of the molecule is CS(=O)(=O)Nc1ccc(C(=O)Oc2ccccc2)cc1.